The molecule has 0 aromatic heterocycles. The highest BCUT2D eigenvalue weighted by atomic mass is 19.1. The highest BCUT2D eigenvalue weighted by Gasteiger charge is 2.22. The van der Waals surface area contributed by atoms with Crippen molar-refractivity contribution in [1.29, 1.82) is 0 Å². The zero-order valence-electron chi connectivity index (χ0n) is 12.0. The van der Waals surface area contributed by atoms with Gasteiger partial charge in [-0.3, -0.25) is 0 Å². The summed E-state index contributed by atoms with van der Waals surface area (Å²) in [5, 5.41) is 10.4. The Labute approximate surface area is 123 Å². The van der Waals surface area contributed by atoms with Crippen molar-refractivity contribution >= 4 is 12.0 Å². The fraction of sp³-hybridized carbons (Fsp3) is 0.235. The normalized spacial score (nSPS) is 13.5. The standard InChI is InChI=1S/C17H18FNO2/c1-19(2)15-9-5-13(6-10-15)17(21)16(11-20)12-3-7-14(18)8-4-12/h3-11,16-17,21H,1-2H3. The van der Waals surface area contributed by atoms with Crippen LogP contribution in [0.25, 0.3) is 0 Å². The number of hydrogen-bond donors (Lipinski definition) is 1. The second kappa shape index (κ2) is 6.50. The van der Waals surface area contributed by atoms with E-state index in [1.165, 1.54) is 24.3 Å². The van der Waals surface area contributed by atoms with Crippen LogP contribution in [-0.2, 0) is 4.79 Å². The molecule has 2 atom stereocenters. The molecule has 2 aromatic carbocycles. The van der Waals surface area contributed by atoms with Gasteiger partial charge in [-0.2, -0.15) is 0 Å². The van der Waals surface area contributed by atoms with Gasteiger partial charge in [0.25, 0.3) is 0 Å². The number of aliphatic hydroxyl groups is 1. The van der Waals surface area contributed by atoms with Crippen LogP contribution in [-0.4, -0.2) is 25.5 Å². The van der Waals surface area contributed by atoms with Crippen LogP contribution in [0.4, 0.5) is 10.1 Å². The van der Waals surface area contributed by atoms with Gasteiger partial charge in [-0.1, -0.05) is 24.3 Å². The highest BCUT2D eigenvalue weighted by molar-refractivity contribution is 5.64. The summed E-state index contributed by atoms with van der Waals surface area (Å²) in [4.78, 5) is 13.3. The van der Waals surface area contributed by atoms with Crippen molar-refractivity contribution in [3.8, 4) is 0 Å². The summed E-state index contributed by atoms with van der Waals surface area (Å²) in [7, 11) is 3.86. The molecule has 0 spiro atoms. The lowest BCUT2D eigenvalue weighted by atomic mass is 9.90. The van der Waals surface area contributed by atoms with Crippen LogP contribution in [0.1, 0.15) is 23.1 Å². The Bertz CT molecular complexity index is 593. The molecule has 0 amide bonds. The third kappa shape index (κ3) is 3.47. The summed E-state index contributed by atoms with van der Waals surface area (Å²) in [6.07, 6.45) is -0.262. The summed E-state index contributed by atoms with van der Waals surface area (Å²) < 4.78 is 12.9. The molecule has 0 aliphatic rings. The Morgan fingerprint density at radius 2 is 1.52 bits per heavy atom. The Kier molecular flexibility index (Phi) is 4.70. The van der Waals surface area contributed by atoms with Gasteiger partial charge in [-0.05, 0) is 35.4 Å². The summed E-state index contributed by atoms with van der Waals surface area (Å²) in [5.41, 5.74) is 2.26. The molecule has 0 heterocycles. The molecule has 0 bridgehead atoms. The molecule has 110 valence electrons. The van der Waals surface area contributed by atoms with Gasteiger partial charge < -0.3 is 14.8 Å². The number of nitrogens with zero attached hydrogens (tertiary/aromatic N) is 1. The topological polar surface area (TPSA) is 40.5 Å². The van der Waals surface area contributed by atoms with E-state index >= 15 is 0 Å². The predicted octanol–water partition coefficient (Wildman–Crippen LogP) is 2.91. The first-order valence-electron chi connectivity index (χ1n) is 6.69. The maximum Gasteiger partial charge on any atom is 0.130 e. The minimum absolute atomic E-state index is 0.367. The smallest absolute Gasteiger partial charge is 0.130 e. The number of aliphatic hydroxyl groups excluding tert-OH is 1. The molecule has 2 rings (SSSR count). The molecule has 1 N–H and O–H groups in total. The minimum Gasteiger partial charge on any atom is -0.387 e. The van der Waals surface area contributed by atoms with E-state index in [0.29, 0.717) is 17.4 Å². The van der Waals surface area contributed by atoms with Crippen molar-refractivity contribution < 1.29 is 14.3 Å². The quantitative estimate of drug-likeness (QED) is 0.860. The summed E-state index contributed by atoms with van der Waals surface area (Å²) in [6, 6.07) is 13.0. The molecule has 0 fully saturated rings. The molecule has 0 aliphatic heterocycles. The highest BCUT2D eigenvalue weighted by Crippen LogP contribution is 2.30. The molecule has 0 radical (unpaired) electrons. The van der Waals surface area contributed by atoms with Gasteiger partial charge in [0.1, 0.15) is 12.1 Å². The third-order valence-electron chi connectivity index (χ3n) is 3.49. The summed E-state index contributed by atoms with van der Waals surface area (Å²) >= 11 is 0. The second-order valence-electron chi connectivity index (χ2n) is 5.14. The Morgan fingerprint density at radius 3 is 2.00 bits per heavy atom. The molecule has 0 saturated carbocycles. The van der Waals surface area contributed by atoms with E-state index < -0.39 is 12.0 Å². The van der Waals surface area contributed by atoms with E-state index in [1.807, 2.05) is 31.1 Å². The molecular weight excluding hydrogens is 269 g/mol. The first kappa shape index (κ1) is 15.2. The lowest BCUT2D eigenvalue weighted by Crippen LogP contribution is -2.13. The number of hydrogen-bond acceptors (Lipinski definition) is 3. The molecular formula is C17H18FNO2. The van der Waals surface area contributed by atoms with E-state index in [0.717, 1.165) is 5.69 Å². The number of aldehydes is 1. The van der Waals surface area contributed by atoms with Crippen LogP contribution in [0.5, 0.6) is 0 Å². The molecule has 3 nitrogen and oxygen atoms in total. The fourth-order valence-electron chi connectivity index (χ4n) is 2.20. The number of carbonyl (C=O) groups is 1. The Hall–Kier alpha value is -2.20. The van der Waals surface area contributed by atoms with Gasteiger partial charge in [0.2, 0.25) is 0 Å². The van der Waals surface area contributed by atoms with Crippen LogP contribution in [0.2, 0.25) is 0 Å². The monoisotopic (exact) mass is 287 g/mol. The van der Waals surface area contributed by atoms with Gasteiger partial charge in [0, 0.05) is 19.8 Å². The van der Waals surface area contributed by atoms with E-state index in [-0.39, 0.29) is 5.82 Å². The van der Waals surface area contributed by atoms with Crippen LogP contribution < -0.4 is 4.90 Å². The van der Waals surface area contributed by atoms with Crippen LogP contribution >= 0.6 is 0 Å². The van der Waals surface area contributed by atoms with Crippen molar-refractivity contribution in [2.24, 2.45) is 0 Å². The molecule has 21 heavy (non-hydrogen) atoms. The van der Waals surface area contributed by atoms with E-state index in [4.69, 9.17) is 0 Å². The Morgan fingerprint density at radius 1 is 1.00 bits per heavy atom. The van der Waals surface area contributed by atoms with E-state index in [9.17, 15) is 14.3 Å². The maximum absolute atomic E-state index is 12.9. The number of anilines is 1. The van der Waals surface area contributed by atoms with Crippen LogP contribution in [0.3, 0.4) is 0 Å². The zero-order valence-corrected chi connectivity index (χ0v) is 12.0. The zero-order chi connectivity index (χ0) is 15.4. The van der Waals surface area contributed by atoms with Crippen molar-refractivity contribution in [2.45, 2.75) is 12.0 Å². The van der Waals surface area contributed by atoms with Gasteiger partial charge in [-0.15, -0.1) is 0 Å². The third-order valence-corrected chi connectivity index (χ3v) is 3.49. The number of carbonyl (C=O) groups excluding carboxylic acids is 1. The van der Waals surface area contributed by atoms with Crippen LogP contribution in [0, 0.1) is 5.82 Å². The largest absolute Gasteiger partial charge is 0.387 e. The van der Waals surface area contributed by atoms with Crippen molar-refractivity contribution in [1.82, 2.24) is 0 Å². The lowest BCUT2D eigenvalue weighted by molar-refractivity contribution is -0.111. The van der Waals surface area contributed by atoms with E-state index in [2.05, 4.69) is 0 Å². The fourth-order valence-corrected chi connectivity index (χ4v) is 2.20. The molecule has 2 unspecified atom stereocenters. The number of halogens is 1. The molecule has 0 saturated heterocycles. The van der Waals surface area contributed by atoms with Crippen molar-refractivity contribution in [3.05, 3.63) is 65.5 Å². The minimum atomic E-state index is -0.954. The first-order valence-corrected chi connectivity index (χ1v) is 6.69. The van der Waals surface area contributed by atoms with E-state index in [1.54, 1.807) is 12.1 Å². The second-order valence-corrected chi connectivity index (χ2v) is 5.14. The van der Waals surface area contributed by atoms with Gasteiger partial charge >= 0.3 is 0 Å². The van der Waals surface area contributed by atoms with Gasteiger partial charge in [0.15, 0.2) is 0 Å². The SMILES string of the molecule is CN(C)c1ccc(C(O)C(C=O)c2ccc(F)cc2)cc1. The summed E-state index contributed by atoms with van der Waals surface area (Å²) in [6.45, 7) is 0. The number of benzene rings is 2. The van der Waals surface area contributed by atoms with Gasteiger partial charge in [-0.25, -0.2) is 4.39 Å². The van der Waals surface area contributed by atoms with Crippen molar-refractivity contribution in [3.63, 3.8) is 0 Å². The average Bonchev–Trinajstić information content (AvgIpc) is 2.50. The molecule has 0 aliphatic carbocycles. The number of rotatable bonds is 5. The molecule has 2 aromatic rings. The predicted molar refractivity (Wildman–Crippen MR) is 80.9 cm³/mol. The summed E-state index contributed by atoms with van der Waals surface area (Å²) in [5.74, 6) is -1.08. The van der Waals surface area contributed by atoms with Crippen molar-refractivity contribution in [2.75, 3.05) is 19.0 Å². The van der Waals surface area contributed by atoms with Crippen LogP contribution in [0.15, 0.2) is 48.5 Å². The average molecular weight is 287 g/mol. The van der Waals surface area contributed by atoms with Gasteiger partial charge in [0.05, 0.1) is 12.0 Å². The first-order chi connectivity index (χ1) is 10.0. The lowest BCUT2D eigenvalue weighted by Gasteiger charge is -2.20. The Balaban J connectivity index is 2.25. The molecule has 4 heteroatoms. The maximum atomic E-state index is 12.9.